The first-order valence-corrected chi connectivity index (χ1v) is 8.48. The number of nitrogens with zero attached hydrogens (tertiary/aromatic N) is 2. The summed E-state index contributed by atoms with van der Waals surface area (Å²) in [5.41, 5.74) is 0.522. The molecule has 0 amide bonds. The Bertz CT molecular complexity index is 594. The Kier molecular flexibility index (Phi) is 4.92. The average molecular weight is 313 g/mol. The molecule has 1 aromatic rings. The van der Waals surface area contributed by atoms with Crippen molar-refractivity contribution >= 4 is 15.7 Å². The van der Waals surface area contributed by atoms with E-state index in [4.69, 9.17) is 0 Å². The van der Waals surface area contributed by atoms with Gasteiger partial charge >= 0.3 is 0 Å². The second-order valence-corrected chi connectivity index (χ2v) is 6.95. The molecule has 1 saturated heterocycles. The molecule has 0 spiro atoms. The molecule has 1 N–H and O–H groups in total. The number of nitro benzene ring substituents is 1. The lowest BCUT2D eigenvalue weighted by atomic mass is 10.2. The molecule has 2 rings (SSSR count). The van der Waals surface area contributed by atoms with Crippen molar-refractivity contribution in [2.24, 2.45) is 0 Å². The predicted octanol–water partition coefficient (Wildman–Crippen LogP) is 1.11. The molecule has 116 valence electrons. The summed E-state index contributed by atoms with van der Waals surface area (Å²) in [7, 11) is -3.42. The van der Waals surface area contributed by atoms with Gasteiger partial charge in [0.25, 0.3) is 5.69 Å². The minimum absolute atomic E-state index is 0.00181. The number of benzene rings is 1. The van der Waals surface area contributed by atoms with Crippen LogP contribution in [0.5, 0.6) is 0 Å². The standard InChI is InChI=1S/C13H19N3O4S/c1-2-15(13-7-8-14-9-13)21(19,20)10-11-3-5-12(6-4-11)16(17)18/h3-6,13-14H,2,7-10H2,1H3. The van der Waals surface area contributed by atoms with E-state index < -0.39 is 14.9 Å². The molecular formula is C13H19N3O4S. The summed E-state index contributed by atoms with van der Waals surface area (Å²) in [5.74, 6) is -0.130. The molecule has 1 fully saturated rings. The second kappa shape index (κ2) is 6.50. The van der Waals surface area contributed by atoms with Crippen LogP contribution in [0.1, 0.15) is 18.9 Å². The summed E-state index contributed by atoms with van der Waals surface area (Å²) in [6.45, 7) is 3.76. The smallest absolute Gasteiger partial charge is 0.269 e. The fourth-order valence-corrected chi connectivity index (χ4v) is 4.38. The van der Waals surface area contributed by atoms with Crippen LogP contribution in [0.25, 0.3) is 0 Å². The van der Waals surface area contributed by atoms with Crippen LogP contribution in [0.3, 0.4) is 0 Å². The SMILES string of the molecule is CCN(C1CCNC1)S(=O)(=O)Cc1ccc([N+](=O)[O-])cc1. The van der Waals surface area contributed by atoms with Gasteiger partial charge in [-0.2, -0.15) is 4.31 Å². The summed E-state index contributed by atoms with van der Waals surface area (Å²) >= 11 is 0. The zero-order valence-corrected chi connectivity index (χ0v) is 12.7. The summed E-state index contributed by atoms with van der Waals surface area (Å²) < 4.78 is 26.5. The fourth-order valence-electron chi connectivity index (χ4n) is 2.57. The third-order valence-corrected chi connectivity index (χ3v) is 5.58. The van der Waals surface area contributed by atoms with Crippen LogP contribution in [0, 0.1) is 10.1 Å². The number of rotatable bonds is 6. The van der Waals surface area contributed by atoms with E-state index in [-0.39, 0.29) is 17.5 Å². The van der Waals surface area contributed by atoms with Gasteiger partial charge in [0.15, 0.2) is 0 Å². The van der Waals surface area contributed by atoms with Crippen molar-refractivity contribution in [3.05, 3.63) is 39.9 Å². The van der Waals surface area contributed by atoms with E-state index >= 15 is 0 Å². The van der Waals surface area contributed by atoms with E-state index in [9.17, 15) is 18.5 Å². The highest BCUT2D eigenvalue weighted by Crippen LogP contribution is 2.19. The molecule has 1 aliphatic heterocycles. The first-order chi connectivity index (χ1) is 9.94. The zero-order chi connectivity index (χ0) is 15.5. The number of nitrogens with one attached hydrogen (secondary N) is 1. The molecule has 0 aliphatic carbocycles. The molecule has 1 atom stereocenters. The lowest BCUT2D eigenvalue weighted by Crippen LogP contribution is -2.41. The van der Waals surface area contributed by atoms with Crippen LogP contribution in [0.4, 0.5) is 5.69 Å². The van der Waals surface area contributed by atoms with Crippen molar-refractivity contribution < 1.29 is 13.3 Å². The van der Waals surface area contributed by atoms with Crippen molar-refractivity contribution in [2.75, 3.05) is 19.6 Å². The van der Waals surface area contributed by atoms with E-state index in [0.717, 1.165) is 13.0 Å². The maximum absolute atomic E-state index is 12.5. The van der Waals surface area contributed by atoms with Crippen molar-refractivity contribution in [3.63, 3.8) is 0 Å². The lowest BCUT2D eigenvalue weighted by Gasteiger charge is -2.26. The molecule has 7 nitrogen and oxygen atoms in total. The van der Waals surface area contributed by atoms with Gasteiger partial charge in [-0.15, -0.1) is 0 Å². The van der Waals surface area contributed by atoms with Gasteiger partial charge in [-0.05, 0) is 18.5 Å². The van der Waals surface area contributed by atoms with Gasteiger partial charge in [-0.3, -0.25) is 10.1 Å². The summed E-state index contributed by atoms with van der Waals surface area (Å²) in [6.07, 6.45) is 0.813. The zero-order valence-electron chi connectivity index (χ0n) is 11.9. The molecule has 0 saturated carbocycles. The van der Waals surface area contributed by atoms with Gasteiger partial charge in [0, 0.05) is 31.3 Å². The van der Waals surface area contributed by atoms with Gasteiger partial charge < -0.3 is 5.32 Å². The molecule has 0 radical (unpaired) electrons. The highest BCUT2D eigenvalue weighted by Gasteiger charge is 2.30. The molecule has 21 heavy (non-hydrogen) atoms. The average Bonchev–Trinajstić information content (AvgIpc) is 2.93. The highest BCUT2D eigenvalue weighted by atomic mass is 32.2. The van der Waals surface area contributed by atoms with E-state index in [1.807, 2.05) is 6.92 Å². The lowest BCUT2D eigenvalue weighted by molar-refractivity contribution is -0.384. The second-order valence-electron chi connectivity index (χ2n) is 5.03. The third kappa shape index (κ3) is 3.78. The Balaban J connectivity index is 2.13. The Morgan fingerprint density at radius 2 is 2.05 bits per heavy atom. The largest absolute Gasteiger partial charge is 0.315 e. The maximum atomic E-state index is 12.5. The molecule has 8 heteroatoms. The Hall–Kier alpha value is -1.51. The number of nitro groups is 1. The van der Waals surface area contributed by atoms with Crippen molar-refractivity contribution in [2.45, 2.75) is 25.1 Å². The first kappa shape index (κ1) is 15.9. The predicted molar refractivity (Wildman–Crippen MR) is 79.4 cm³/mol. The van der Waals surface area contributed by atoms with Gasteiger partial charge in [0.2, 0.25) is 10.0 Å². The van der Waals surface area contributed by atoms with Gasteiger partial charge in [0.05, 0.1) is 10.7 Å². The van der Waals surface area contributed by atoms with Gasteiger partial charge in [-0.25, -0.2) is 8.42 Å². The minimum atomic E-state index is -3.42. The number of non-ortho nitro benzene ring substituents is 1. The molecular weight excluding hydrogens is 294 g/mol. The summed E-state index contributed by atoms with van der Waals surface area (Å²) in [6, 6.07) is 5.65. The molecule has 1 aliphatic rings. The topological polar surface area (TPSA) is 92.6 Å². The van der Waals surface area contributed by atoms with Crippen LogP contribution in [0.15, 0.2) is 24.3 Å². The number of sulfonamides is 1. The third-order valence-electron chi connectivity index (χ3n) is 3.61. The van der Waals surface area contributed by atoms with Gasteiger partial charge in [0.1, 0.15) is 0 Å². The van der Waals surface area contributed by atoms with Crippen LogP contribution in [0.2, 0.25) is 0 Å². The van der Waals surface area contributed by atoms with Crippen molar-refractivity contribution in [1.82, 2.24) is 9.62 Å². The molecule has 1 unspecified atom stereocenters. The van der Waals surface area contributed by atoms with E-state index in [1.54, 1.807) is 0 Å². The van der Waals surface area contributed by atoms with Crippen LogP contribution >= 0.6 is 0 Å². The maximum Gasteiger partial charge on any atom is 0.269 e. The normalized spacial score (nSPS) is 19.0. The van der Waals surface area contributed by atoms with Crippen molar-refractivity contribution in [1.29, 1.82) is 0 Å². The monoisotopic (exact) mass is 313 g/mol. The Morgan fingerprint density at radius 3 is 2.52 bits per heavy atom. The molecule has 0 bridgehead atoms. The fraction of sp³-hybridized carbons (Fsp3) is 0.538. The summed E-state index contributed by atoms with van der Waals surface area (Å²) in [4.78, 5) is 10.1. The molecule has 1 heterocycles. The number of likely N-dealkylation sites (N-methyl/N-ethyl adjacent to an activating group) is 1. The highest BCUT2D eigenvalue weighted by molar-refractivity contribution is 7.88. The quantitative estimate of drug-likeness (QED) is 0.627. The van der Waals surface area contributed by atoms with E-state index in [1.165, 1.54) is 28.6 Å². The number of hydrogen-bond donors (Lipinski definition) is 1. The molecule has 1 aromatic carbocycles. The molecule has 0 aromatic heterocycles. The Labute approximate surface area is 124 Å². The van der Waals surface area contributed by atoms with E-state index in [2.05, 4.69) is 5.32 Å². The van der Waals surface area contributed by atoms with Crippen LogP contribution in [-0.2, 0) is 15.8 Å². The van der Waals surface area contributed by atoms with E-state index in [0.29, 0.717) is 18.7 Å². The first-order valence-electron chi connectivity index (χ1n) is 6.87. The minimum Gasteiger partial charge on any atom is -0.315 e. The Morgan fingerprint density at radius 1 is 1.38 bits per heavy atom. The summed E-state index contributed by atoms with van der Waals surface area (Å²) in [5, 5.41) is 13.8. The van der Waals surface area contributed by atoms with Crippen LogP contribution in [-0.4, -0.2) is 43.3 Å². The van der Waals surface area contributed by atoms with Gasteiger partial charge in [-0.1, -0.05) is 19.1 Å². The van der Waals surface area contributed by atoms with Crippen LogP contribution < -0.4 is 5.32 Å². The number of hydrogen-bond acceptors (Lipinski definition) is 5. The van der Waals surface area contributed by atoms with Crippen molar-refractivity contribution in [3.8, 4) is 0 Å².